The maximum Gasteiger partial charge on any atom is -0.0291 e. The summed E-state index contributed by atoms with van der Waals surface area (Å²) >= 11 is 0. The van der Waals surface area contributed by atoms with E-state index in [2.05, 4.69) is 60.3 Å². The molecule has 0 saturated carbocycles. The molecule has 0 fully saturated rings. The normalized spacial score (nSPS) is 15.2. The summed E-state index contributed by atoms with van der Waals surface area (Å²) in [5, 5.41) is 0. The highest BCUT2D eigenvalue weighted by Crippen LogP contribution is 2.33. The molecule has 0 aromatic heterocycles. The van der Waals surface area contributed by atoms with Crippen LogP contribution in [0.15, 0.2) is 24.3 Å². The molecule has 0 aliphatic carbocycles. The zero-order chi connectivity index (χ0) is 17.0. The van der Waals surface area contributed by atoms with Gasteiger partial charge in [0, 0.05) is 0 Å². The molecule has 0 amide bonds. The van der Waals surface area contributed by atoms with Crippen LogP contribution >= 0.6 is 0 Å². The molecule has 2 atom stereocenters. The van der Waals surface area contributed by atoms with Crippen molar-refractivity contribution in [1.82, 2.24) is 0 Å². The summed E-state index contributed by atoms with van der Waals surface area (Å²) in [5.74, 6) is 1.74. The summed E-state index contributed by atoms with van der Waals surface area (Å²) in [6, 6.07) is 0. The second-order valence-corrected chi connectivity index (χ2v) is 8.46. The monoisotopic (exact) mass is 306 g/mol. The second-order valence-electron chi connectivity index (χ2n) is 8.46. The summed E-state index contributed by atoms with van der Waals surface area (Å²) in [6.45, 7) is 18.1. The average molecular weight is 307 g/mol. The number of unbranched alkanes of at least 4 members (excludes halogenated alkanes) is 1. The van der Waals surface area contributed by atoms with Crippen molar-refractivity contribution >= 4 is 0 Å². The first-order valence-corrected chi connectivity index (χ1v) is 9.56. The molecule has 0 rings (SSSR count). The van der Waals surface area contributed by atoms with Crippen molar-refractivity contribution < 1.29 is 0 Å². The molecule has 0 N–H and O–H groups in total. The van der Waals surface area contributed by atoms with Crippen molar-refractivity contribution in [2.75, 3.05) is 0 Å². The fourth-order valence-corrected chi connectivity index (χ4v) is 3.76. The molecule has 0 aromatic rings. The van der Waals surface area contributed by atoms with Gasteiger partial charge in [0.05, 0.1) is 0 Å². The average Bonchev–Trinajstić information content (AvgIpc) is 2.35. The molecule has 0 aromatic carbocycles. The van der Waals surface area contributed by atoms with E-state index in [9.17, 15) is 0 Å². The smallest absolute Gasteiger partial charge is 0.0291 e. The summed E-state index contributed by atoms with van der Waals surface area (Å²) < 4.78 is 0. The van der Waals surface area contributed by atoms with Crippen molar-refractivity contribution in [2.24, 2.45) is 17.3 Å². The van der Waals surface area contributed by atoms with Crippen molar-refractivity contribution in [3.63, 3.8) is 0 Å². The van der Waals surface area contributed by atoms with E-state index in [-0.39, 0.29) is 0 Å². The lowest BCUT2D eigenvalue weighted by atomic mass is 9.77. The number of hydrogen-bond donors (Lipinski definition) is 0. The van der Waals surface area contributed by atoms with Gasteiger partial charge in [-0.1, -0.05) is 65.2 Å². The van der Waals surface area contributed by atoms with E-state index in [1.54, 1.807) is 0 Å². The zero-order valence-corrected chi connectivity index (χ0v) is 16.4. The van der Waals surface area contributed by atoms with Gasteiger partial charge in [0.2, 0.25) is 0 Å². The molecular weight excluding hydrogens is 264 g/mol. The maximum atomic E-state index is 3.94. The standard InChI is InChI=1S/C22H42/c1-8-16-22(6,7)18-21(5)17-20(4)15-13-11-9-10-12-14-19(2)3/h9-10,20-21H,2,8,11-18H2,1,3-7H3. The number of rotatable bonds is 13. The first kappa shape index (κ1) is 21.5. The Labute approximate surface area is 141 Å². The van der Waals surface area contributed by atoms with Gasteiger partial charge in [-0.25, -0.2) is 0 Å². The van der Waals surface area contributed by atoms with E-state index in [4.69, 9.17) is 0 Å². The van der Waals surface area contributed by atoms with Crippen LogP contribution in [0.1, 0.15) is 99.3 Å². The van der Waals surface area contributed by atoms with Gasteiger partial charge in [0.1, 0.15) is 0 Å². The van der Waals surface area contributed by atoms with Crippen LogP contribution in [-0.2, 0) is 0 Å². The third-order valence-corrected chi connectivity index (χ3v) is 4.60. The number of allylic oxidation sites excluding steroid dienone is 3. The molecule has 0 bridgehead atoms. The van der Waals surface area contributed by atoms with Gasteiger partial charge < -0.3 is 0 Å². The van der Waals surface area contributed by atoms with Crippen LogP contribution in [0.25, 0.3) is 0 Å². The third-order valence-electron chi connectivity index (χ3n) is 4.60. The predicted octanol–water partition coefficient (Wildman–Crippen LogP) is 7.95. The van der Waals surface area contributed by atoms with E-state index in [1.165, 1.54) is 50.5 Å². The summed E-state index contributed by atoms with van der Waals surface area (Å²) in [7, 11) is 0. The minimum Gasteiger partial charge on any atom is -0.100 e. The molecule has 0 heteroatoms. The van der Waals surface area contributed by atoms with E-state index < -0.39 is 0 Å². The Morgan fingerprint density at radius 1 is 1.09 bits per heavy atom. The Bertz CT molecular complexity index is 308. The highest BCUT2D eigenvalue weighted by atomic mass is 14.3. The molecule has 0 spiro atoms. The first-order chi connectivity index (χ1) is 10.3. The Morgan fingerprint density at radius 2 is 1.73 bits per heavy atom. The van der Waals surface area contributed by atoms with Gasteiger partial charge in [-0.3, -0.25) is 0 Å². The number of hydrogen-bond acceptors (Lipinski definition) is 0. The molecule has 0 aliphatic rings. The van der Waals surface area contributed by atoms with Crippen LogP contribution in [0, 0.1) is 17.3 Å². The molecule has 2 unspecified atom stereocenters. The minimum atomic E-state index is 0.528. The lowest BCUT2D eigenvalue weighted by molar-refractivity contribution is 0.229. The Balaban J connectivity index is 3.76. The molecule has 0 heterocycles. The van der Waals surface area contributed by atoms with Gasteiger partial charge in [-0.2, -0.15) is 0 Å². The quantitative estimate of drug-likeness (QED) is 0.239. The fourth-order valence-electron chi connectivity index (χ4n) is 3.76. The van der Waals surface area contributed by atoms with E-state index in [0.717, 1.165) is 24.7 Å². The summed E-state index contributed by atoms with van der Waals surface area (Å²) in [5.41, 5.74) is 1.82. The van der Waals surface area contributed by atoms with Crippen LogP contribution in [-0.4, -0.2) is 0 Å². The third kappa shape index (κ3) is 13.2. The van der Waals surface area contributed by atoms with Gasteiger partial charge in [0.15, 0.2) is 0 Å². The highest BCUT2D eigenvalue weighted by molar-refractivity contribution is 4.92. The summed E-state index contributed by atoms with van der Waals surface area (Å²) in [4.78, 5) is 0. The molecule has 22 heavy (non-hydrogen) atoms. The van der Waals surface area contributed by atoms with E-state index in [1.807, 2.05) is 0 Å². The molecule has 0 saturated heterocycles. The maximum absolute atomic E-state index is 3.94. The molecule has 0 nitrogen and oxygen atoms in total. The van der Waals surface area contributed by atoms with Gasteiger partial charge >= 0.3 is 0 Å². The largest absolute Gasteiger partial charge is 0.100 e. The first-order valence-electron chi connectivity index (χ1n) is 9.56. The van der Waals surface area contributed by atoms with Gasteiger partial charge in [-0.05, 0) is 69.1 Å². The van der Waals surface area contributed by atoms with E-state index >= 15 is 0 Å². The van der Waals surface area contributed by atoms with Crippen LogP contribution in [0.4, 0.5) is 0 Å². The molecule has 0 radical (unpaired) electrons. The predicted molar refractivity (Wildman–Crippen MR) is 103 cm³/mol. The van der Waals surface area contributed by atoms with Crippen molar-refractivity contribution in [3.05, 3.63) is 24.3 Å². The van der Waals surface area contributed by atoms with Crippen molar-refractivity contribution in [2.45, 2.75) is 99.3 Å². The lowest BCUT2D eigenvalue weighted by Gasteiger charge is -2.29. The topological polar surface area (TPSA) is 0 Å². The molecule has 130 valence electrons. The Morgan fingerprint density at radius 3 is 2.32 bits per heavy atom. The van der Waals surface area contributed by atoms with Crippen molar-refractivity contribution in [1.29, 1.82) is 0 Å². The van der Waals surface area contributed by atoms with Crippen LogP contribution in [0.3, 0.4) is 0 Å². The Hall–Kier alpha value is -0.520. The van der Waals surface area contributed by atoms with E-state index in [0.29, 0.717) is 5.41 Å². The SMILES string of the molecule is C=C(C)CCC=CCCCC(C)CC(C)CC(C)(C)CCC. The second kappa shape index (κ2) is 12.0. The zero-order valence-electron chi connectivity index (χ0n) is 16.4. The van der Waals surface area contributed by atoms with Crippen LogP contribution in [0.5, 0.6) is 0 Å². The highest BCUT2D eigenvalue weighted by Gasteiger charge is 2.21. The molecular formula is C22H42. The fraction of sp³-hybridized carbons (Fsp3) is 0.818. The lowest BCUT2D eigenvalue weighted by Crippen LogP contribution is -2.17. The van der Waals surface area contributed by atoms with Crippen LogP contribution in [0.2, 0.25) is 0 Å². The molecule has 0 aliphatic heterocycles. The van der Waals surface area contributed by atoms with Crippen LogP contribution < -0.4 is 0 Å². The Kier molecular flexibility index (Phi) is 11.7. The minimum absolute atomic E-state index is 0.528. The van der Waals surface area contributed by atoms with Gasteiger partial charge in [0.25, 0.3) is 0 Å². The summed E-state index contributed by atoms with van der Waals surface area (Å²) in [6.07, 6.45) is 16.4. The van der Waals surface area contributed by atoms with Crippen molar-refractivity contribution in [3.8, 4) is 0 Å². The van der Waals surface area contributed by atoms with Gasteiger partial charge in [-0.15, -0.1) is 6.58 Å².